The molecule has 1 rings (SSSR count). The van der Waals surface area contributed by atoms with Crippen molar-refractivity contribution < 1.29 is 10.2 Å². The molecule has 0 aliphatic carbocycles. The fourth-order valence-electron chi connectivity index (χ4n) is 0.975. The summed E-state index contributed by atoms with van der Waals surface area (Å²) in [4.78, 5) is 0. The van der Waals surface area contributed by atoms with Gasteiger partial charge in [0.2, 0.25) is 0 Å². The third-order valence-corrected chi connectivity index (χ3v) is 2.04. The van der Waals surface area contributed by atoms with E-state index in [0.717, 1.165) is 4.47 Å². The lowest BCUT2D eigenvalue weighted by Crippen LogP contribution is -1.91. The SMILES string of the molecule is C=C(O)c1ccc(Br)cc1CO.CCC. The summed E-state index contributed by atoms with van der Waals surface area (Å²) in [5.41, 5.74) is 1.25. The largest absolute Gasteiger partial charge is 0.508 e. The second-order valence-electron chi connectivity index (χ2n) is 3.11. The van der Waals surface area contributed by atoms with E-state index in [0.29, 0.717) is 11.1 Å². The van der Waals surface area contributed by atoms with E-state index in [4.69, 9.17) is 10.2 Å². The molecule has 0 heterocycles. The van der Waals surface area contributed by atoms with Crippen molar-refractivity contribution in [1.82, 2.24) is 0 Å². The Kier molecular flexibility index (Phi) is 7.09. The molecule has 0 aliphatic heterocycles. The number of rotatable bonds is 2. The molecule has 0 unspecified atom stereocenters. The van der Waals surface area contributed by atoms with Gasteiger partial charge >= 0.3 is 0 Å². The van der Waals surface area contributed by atoms with Crippen LogP contribution in [0.15, 0.2) is 29.3 Å². The maximum atomic E-state index is 9.11. The van der Waals surface area contributed by atoms with Crippen molar-refractivity contribution >= 4 is 21.7 Å². The lowest BCUT2D eigenvalue weighted by Gasteiger charge is -2.05. The Morgan fingerprint density at radius 3 is 2.33 bits per heavy atom. The van der Waals surface area contributed by atoms with Gasteiger partial charge in [-0.2, -0.15) is 0 Å². The zero-order valence-corrected chi connectivity index (χ0v) is 10.7. The summed E-state index contributed by atoms with van der Waals surface area (Å²) < 4.78 is 0.872. The average Bonchev–Trinajstić information content (AvgIpc) is 2.18. The van der Waals surface area contributed by atoms with Crippen LogP contribution >= 0.6 is 15.9 Å². The highest BCUT2D eigenvalue weighted by molar-refractivity contribution is 9.10. The quantitative estimate of drug-likeness (QED) is 0.802. The summed E-state index contributed by atoms with van der Waals surface area (Å²) in [5, 5.41) is 18.0. The molecule has 0 saturated carbocycles. The minimum absolute atomic E-state index is 0.0217. The first kappa shape index (κ1) is 14.2. The topological polar surface area (TPSA) is 40.5 Å². The smallest absolute Gasteiger partial charge is 0.116 e. The number of hydrogen-bond acceptors (Lipinski definition) is 2. The highest BCUT2D eigenvalue weighted by Crippen LogP contribution is 2.20. The summed E-state index contributed by atoms with van der Waals surface area (Å²) in [6.45, 7) is 7.54. The Bertz CT molecular complexity index is 321. The number of halogens is 1. The van der Waals surface area contributed by atoms with Crippen molar-refractivity contribution in [3.8, 4) is 0 Å². The van der Waals surface area contributed by atoms with E-state index >= 15 is 0 Å². The molecule has 0 atom stereocenters. The monoisotopic (exact) mass is 272 g/mol. The van der Waals surface area contributed by atoms with Crippen molar-refractivity contribution in [3.05, 3.63) is 40.4 Å². The van der Waals surface area contributed by atoms with E-state index in [2.05, 4.69) is 36.4 Å². The predicted molar refractivity (Wildman–Crippen MR) is 67.7 cm³/mol. The molecule has 0 saturated heterocycles. The molecule has 0 bridgehead atoms. The minimum Gasteiger partial charge on any atom is -0.508 e. The Morgan fingerprint density at radius 2 is 1.93 bits per heavy atom. The fourth-order valence-corrected chi connectivity index (χ4v) is 1.38. The van der Waals surface area contributed by atoms with Crippen molar-refractivity contribution in [2.75, 3.05) is 0 Å². The highest BCUT2D eigenvalue weighted by atomic mass is 79.9. The summed E-state index contributed by atoms with van der Waals surface area (Å²) in [5.74, 6) is -0.0217. The maximum absolute atomic E-state index is 9.11. The summed E-state index contributed by atoms with van der Waals surface area (Å²) >= 11 is 3.26. The second kappa shape index (κ2) is 7.49. The maximum Gasteiger partial charge on any atom is 0.116 e. The van der Waals surface area contributed by atoms with E-state index in [1.807, 2.05) is 0 Å². The lowest BCUT2D eigenvalue weighted by atomic mass is 10.1. The second-order valence-corrected chi connectivity index (χ2v) is 4.03. The molecule has 0 aliphatic rings. The molecule has 0 amide bonds. The summed E-state index contributed by atoms with van der Waals surface area (Å²) in [6.07, 6.45) is 1.25. The zero-order valence-electron chi connectivity index (χ0n) is 9.13. The van der Waals surface area contributed by atoms with Crippen molar-refractivity contribution in [2.24, 2.45) is 0 Å². The molecule has 2 N–H and O–H groups in total. The van der Waals surface area contributed by atoms with Gasteiger partial charge in [-0.3, -0.25) is 0 Å². The Hall–Kier alpha value is -0.800. The van der Waals surface area contributed by atoms with Crippen LogP contribution in [0.25, 0.3) is 5.76 Å². The molecular formula is C12H17BrO2. The van der Waals surface area contributed by atoms with Crippen LogP contribution in [-0.4, -0.2) is 10.2 Å². The van der Waals surface area contributed by atoms with Gasteiger partial charge in [-0.25, -0.2) is 0 Å². The molecular weight excluding hydrogens is 256 g/mol. The molecule has 3 heteroatoms. The number of hydrogen-bond donors (Lipinski definition) is 2. The Labute approximate surface area is 99.4 Å². The highest BCUT2D eigenvalue weighted by Gasteiger charge is 2.03. The van der Waals surface area contributed by atoms with Gasteiger partial charge in [-0.1, -0.05) is 42.8 Å². The molecule has 0 radical (unpaired) electrons. The third-order valence-electron chi connectivity index (χ3n) is 1.55. The molecule has 0 fully saturated rings. The molecule has 84 valence electrons. The first-order valence-corrected chi connectivity index (χ1v) is 5.63. The van der Waals surface area contributed by atoms with Crippen LogP contribution in [0.3, 0.4) is 0 Å². The van der Waals surface area contributed by atoms with Crippen molar-refractivity contribution in [3.63, 3.8) is 0 Å². The average molecular weight is 273 g/mol. The Balaban J connectivity index is 0.000000583. The first-order valence-electron chi connectivity index (χ1n) is 4.84. The third kappa shape index (κ3) is 5.00. The van der Waals surface area contributed by atoms with Gasteiger partial charge in [0.25, 0.3) is 0 Å². The van der Waals surface area contributed by atoms with E-state index in [1.54, 1.807) is 18.2 Å². The van der Waals surface area contributed by atoms with E-state index in [1.165, 1.54) is 6.42 Å². The molecule has 1 aromatic rings. The number of aliphatic hydroxyl groups is 2. The van der Waals surface area contributed by atoms with Gasteiger partial charge in [0.1, 0.15) is 5.76 Å². The molecule has 1 aromatic carbocycles. The Morgan fingerprint density at radius 1 is 1.40 bits per heavy atom. The van der Waals surface area contributed by atoms with Crippen molar-refractivity contribution in [2.45, 2.75) is 26.9 Å². The fraction of sp³-hybridized carbons (Fsp3) is 0.333. The minimum atomic E-state index is -0.103. The van der Waals surface area contributed by atoms with Crippen LogP contribution in [0.1, 0.15) is 31.4 Å². The zero-order chi connectivity index (χ0) is 11.8. The van der Waals surface area contributed by atoms with Gasteiger partial charge in [0.05, 0.1) is 6.61 Å². The lowest BCUT2D eigenvalue weighted by molar-refractivity contribution is 0.281. The summed E-state index contributed by atoms with van der Waals surface area (Å²) in [7, 11) is 0. The van der Waals surface area contributed by atoms with Crippen LogP contribution < -0.4 is 0 Å². The summed E-state index contributed by atoms with van der Waals surface area (Å²) in [6, 6.07) is 5.24. The van der Waals surface area contributed by atoms with Gasteiger partial charge in [-0.05, 0) is 23.8 Å². The predicted octanol–water partition coefficient (Wildman–Crippen LogP) is 3.89. The van der Waals surface area contributed by atoms with Crippen LogP contribution in [0.4, 0.5) is 0 Å². The van der Waals surface area contributed by atoms with Crippen LogP contribution in [0.5, 0.6) is 0 Å². The van der Waals surface area contributed by atoms with Crippen LogP contribution in [0, 0.1) is 0 Å². The molecule has 15 heavy (non-hydrogen) atoms. The van der Waals surface area contributed by atoms with E-state index in [-0.39, 0.29) is 12.4 Å². The van der Waals surface area contributed by atoms with Gasteiger partial charge in [0.15, 0.2) is 0 Å². The van der Waals surface area contributed by atoms with Gasteiger partial charge < -0.3 is 10.2 Å². The van der Waals surface area contributed by atoms with Gasteiger partial charge in [0, 0.05) is 10.0 Å². The van der Waals surface area contributed by atoms with E-state index < -0.39 is 0 Å². The molecule has 0 spiro atoms. The molecule has 0 aromatic heterocycles. The standard InChI is InChI=1S/C9H9BrO2.C3H8/c1-6(12)9-3-2-8(10)4-7(9)5-11;1-3-2/h2-4,11-12H,1,5H2;3H2,1-2H3. The van der Waals surface area contributed by atoms with Crippen LogP contribution in [0.2, 0.25) is 0 Å². The normalized spacial score (nSPS) is 9.07. The number of aliphatic hydroxyl groups excluding tert-OH is 2. The van der Waals surface area contributed by atoms with E-state index in [9.17, 15) is 0 Å². The molecule has 2 nitrogen and oxygen atoms in total. The number of benzene rings is 1. The van der Waals surface area contributed by atoms with Crippen LogP contribution in [-0.2, 0) is 6.61 Å². The first-order chi connectivity index (χ1) is 7.06. The van der Waals surface area contributed by atoms with Crippen molar-refractivity contribution in [1.29, 1.82) is 0 Å². The van der Waals surface area contributed by atoms with Gasteiger partial charge in [-0.15, -0.1) is 0 Å².